The van der Waals surface area contributed by atoms with Crippen molar-refractivity contribution in [3.63, 3.8) is 0 Å². The SMILES string of the molecule is CN(Cc1ccc(Cl)cc1Cl)C(=O)C(C)(C)Br. The van der Waals surface area contributed by atoms with Crippen LogP contribution >= 0.6 is 39.1 Å². The van der Waals surface area contributed by atoms with E-state index in [9.17, 15) is 4.79 Å². The number of hydrogen-bond donors (Lipinski definition) is 0. The van der Waals surface area contributed by atoms with Crippen molar-refractivity contribution in [2.24, 2.45) is 0 Å². The third kappa shape index (κ3) is 4.16. The Kier molecular flexibility index (Phi) is 4.87. The van der Waals surface area contributed by atoms with Crippen LogP contribution in [0, 0.1) is 0 Å². The fraction of sp³-hybridized carbons (Fsp3) is 0.417. The number of carbonyl (C=O) groups excluding carboxylic acids is 1. The molecule has 0 N–H and O–H groups in total. The Balaban J connectivity index is 2.81. The number of alkyl halides is 1. The summed E-state index contributed by atoms with van der Waals surface area (Å²) in [5.74, 6) is 0.00326. The number of carbonyl (C=O) groups is 1. The van der Waals surface area contributed by atoms with Crippen LogP contribution in [-0.4, -0.2) is 22.2 Å². The van der Waals surface area contributed by atoms with Crippen molar-refractivity contribution < 1.29 is 4.79 Å². The maximum Gasteiger partial charge on any atom is 0.238 e. The summed E-state index contributed by atoms with van der Waals surface area (Å²) in [4.78, 5) is 13.6. The Morgan fingerprint density at radius 3 is 2.47 bits per heavy atom. The fourth-order valence-electron chi connectivity index (χ4n) is 1.43. The van der Waals surface area contributed by atoms with Gasteiger partial charge in [-0.05, 0) is 31.5 Å². The van der Waals surface area contributed by atoms with E-state index in [-0.39, 0.29) is 5.91 Å². The largest absolute Gasteiger partial charge is 0.340 e. The molecule has 17 heavy (non-hydrogen) atoms. The van der Waals surface area contributed by atoms with E-state index in [0.717, 1.165) is 5.56 Å². The summed E-state index contributed by atoms with van der Waals surface area (Å²) in [7, 11) is 1.75. The molecule has 0 radical (unpaired) electrons. The highest BCUT2D eigenvalue weighted by Crippen LogP contribution is 2.24. The zero-order valence-electron chi connectivity index (χ0n) is 9.93. The second-order valence-electron chi connectivity index (χ2n) is 4.37. The van der Waals surface area contributed by atoms with Crippen LogP contribution < -0.4 is 0 Å². The maximum atomic E-state index is 12.0. The molecule has 2 nitrogen and oxygen atoms in total. The van der Waals surface area contributed by atoms with Crippen LogP contribution in [0.5, 0.6) is 0 Å². The number of hydrogen-bond acceptors (Lipinski definition) is 1. The van der Waals surface area contributed by atoms with Gasteiger partial charge in [0.1, 0.15) is 0 Å². The first-order valence-corrected chi connectivity index (χ1v) is 6.65. The molecular weight excluding hydrogens is 325 g/mol. The van der Waals surface area contributed by atoms with Gasteiger partial charge in [0.25, 0.3) is 0 Å². The third-order valence-corrected chi connectivity index (χ3v) is 3.20. The predicted molar refractivity (Wildman–Crippen MR) is 75.9 cm³/mol. The van der Waals surface area contributed by atoms with Gasteiger partial charge < -0.3 is 4.90 Å². The van der Waals surface area contributed by atoms with Gasteiger partial charge in [-0.1, -0.05) is 45.2 Å². The van der Waals surface area contributed by atoms with Crippen molar-refractivity contribution in [2.45, 2.75) is 24.7 Å². The summed E-state index contributed by atoms with van der Waals surface area (Å²) in [5.41, 5.74) is 0.878. The molecule has 5 heteroatoms. The topological polar surface area (TPSA) is 20.3 Å². The Morgan fingerprint density at radius 1 is 1.41 bits per heavy atom. The lowest BCUT2D eigenvalue weighted by atomic mass is 10.1. The van der Waals surface area contributed by atoms with Gasteiger partial charge in [0.05, 0.1) is 4.32 Å². The van der Waals surface area contributed by atoms with Gasteiger partial charge in [-0.3, -0.25) is 4.79 Å². The van der Waals surface area contributed by atoms with E-state index < -0.39 is 4.32 Å². The molecule has 1 rings (SSSR count). The highest BCUT2D eigenvalue weighted by molar-refractivity contribution is 9.10. The molecule has 0 spiro atoms. The standard InChI is InChI=1S/C12H14BrCl2NO/c1-12(2,13)11(17)16(3)7-8-4-5-9(14)6-10(8)15/h4-6H,7H2,1-3H3. The van der Waals surface area contributed by atoms with E-state index in [2.05, 4.69) is 15.9 Å². The minimum absolute atomic E-state index is 0.00326. The second kappa shape index (κ2) is 5.59. The highest BCUT2D eigenvalue weighted by atomic mass is 79.9. The Labute approximate surface area is 120 Å². The molecule has 0 atom stereocenters. The lowest BCUT2D eigenvalue weighted by molar-refractivity contribution is -0.131. The van der Waals surface area contributed by atoms with Crippen molar-refractivity contribution in [3.05, 3.63) is 33.8 Å². The molecule has 0 saturated carbocycles. The molecule has 0 aliphatic heterocycles. The average Bonchev–Trinajstić information content (AvgIpc) is 2.19. The second-order valence-corrected chi connectivity index (χ2v) is 7.20. The molecule has 1 aromatic carbocycles. The first-order valence-electron chi connectivity index (χ1n) is 5.10. The van der Waals surface area contributed by atoms with E-state index >= 15 is 0 Å². The number of amides is 1. The first-order chi connectivity index (χ1) is 7.71. The molecule has 0 aliphatic carbocycles. The van der Waals surface area contributed by atoms with Gasteiger partial charge in [-0.25, -0.2) is 0 Å². The van der Waals surface area contributed by atoms with Crippen LogP contribution in [0.2, 0.25) is 10.0 Å². The summed E-state index contributed by atoms with van der Waals surface area (Å²) in [6.07, 6.45) is 0. The molecule has 0 fully saturated rings. The van der Waals surface area contributed by atoms with Gasteiger partial charge in [-0.15, -0.1) is 0 Å². The fourth-order valence-corrected chi connectivity index (χ4v) is 2.20. The smallest absolute Gasteiger partial charge is 0.238 e. The van der Waals surface area contributed by atoms with Crippen molar-refractivity contribution in [1.29, 1.82) is 0 Å². The van der Waals surface area contributed by atoms with Crippen molar-refractivity contribution in [2.75, 3.05) is 7.05 Å². The highest BCUT2D eigenvalue weighted by Gasteiger charge is 2.27. The molecule has 1 amide bonds. The molecule has 0 bridgehead atoms. The quantitative estimate of drug-likeness (QED) is 0.759. The molecular formula is C12H14BrCl2NO. The van der Waals surface area contributed by atoms with Crippen LogP contribution in [-0.2, 0) is 11.3 Å². The summed E-state index contributed by atoms with van der Waals surface area (Å²) < 4.78 is -0.569. The van der Waals surface area contributed by atoms with Gasteiger partial charge in [0, 0.05) is 23.6 Å². The van der Waals surface area contributed by atoms with Gasteiger partial charge in [0.2, 0.25) is 5.91 Å². The van der Waals surface area contributed by atoms with Gasteiger partial charge in [-0.2, -0.15) is 0 Å². The zero-order chi connectivity index (χ0) is 13.2. The van der Waals surface area contributed by atoms with Gasteiger partial charge in [0.15, 0.2) is 0 Å². The van der Waals surface area contributed by atoms with E-state index in [0.29, 0.717) is 16.6 Å². The van der Waals surface area contributed by atoms with Crippen LogP contribution in [0.3, 0.4) is 0 Å². The first kappa shape index (κ1) is 14.8. The normalized spacial score (nSPS) is 11.4. The van der Waals surface area contributed by atoms with Gasteiger partial charge >= 0.3 is 0 Å². The zero-order valence-corrected chi connectivity index (χ0v) is 13.0. The van der Waals surface area contributed by atoms with Crippen LogP contribution in [0.15, 0.2) is 18.2 Å². The summed E-state index contributed by atoms with van der Waals surface area (Å²) in [5, 5.41) is 1.16. The monoisotopic (exact) mass is 337 g/mol. The predicted octanol–water partition coefficient (Wildman–Crippen LogP) is 4.13. The Morgan fingerprint density at radius 2 is 2.00 bits per heavy atom. The molecule has 0 aromatic heterocycles. The van der Waals surface area contributed by atoms with E-state index in [1.165, 1.54) is 0 Å². The lowest BCUT2D eigenvalue weighted by Gasteiger charge is -2.25. The summed E-state index contributed by atoms with van der Waals surface area (Å²) in [6, 6.07) is 5.27. The molecule has 1 aromatic rings. The number of nitrogens with zero attached hydrogens (tertiary/aromatic N) is 1. The summed E-state index contributed by atoms with van der Waals surface area (Å²) in [6.45, 7) is 4.09. The maximum absolute atomic E-state index is 12.0. The van der Waals surface area contributed by atoms with E-state index in [1.807, 2.05) is 19.9 Å². The molecule has 0 unspecified atom stereocenters. The number of halogens is 3. The van der Waals surface area contributed by atoms with E-state index in [1.54, 1.807) is 24.1 Å². The van der Waals surface area contributed by atoms with Crippen molar-refractivity contribution >= 4 is 45.0 Å². The number of rotatable bonds is 3. The molecule has 0 saturated heterocycles. The Bertz CT molecular complexity index is 429. The van der Waals surface area contributed by atoms with Crippen LogP contribution in [0.4, 0.5) is 0 Å². The average molecular weight is 339 g/mol. The van der Waals surface area contributed by atoms with Crippen LogP contribution in [0.25, 0.3) is 0 Å². The molecule has 0 heterocycles. The minimum atomic E-state index is -0.569. The molecule has 94 valence electrons. The van der Waals surface area contributed by atoms with E-state index in [4.69, 9.17) is 23.2 Å². The number of benzene rings is 1. The Hall–Kier alpha value is -0.250. The third-order valence-electron chi connectivity index (χ3n) is 2.28. The minimum Gasteiger partial charge on any atom is -0.340 e. The van der Waals surface area contributed by atoms with Crippen LogP contribution in [0.1, 0.15) is 19.4 Å². The lowest BCUT2D eigenvalue weighted by Crippen LogP contribution is -2.38. The molecule has 0 aliphatic rings. The summed E-state index contributed by atoms with van der Waals surface area (Å²) >= 11 is 15.2. The van der Waals surface area contributed by atoms with Crippen molar-refractivity contribution in [3.8, 4) is 0 Å². The van der Waals surface area contributed by atoms with Crippen molar-refractivity contribution in [1.82, 2.24) is 4.90 Å².